The minimum Gasteiger partial charge on any atom is -0.459 e. The fourth-order valence-electron chi connectivity index (χ4n) is 2.08. The van der Waals surface area contributed by atoms with Crippen molar-refractivity contribution in [3.63, 3.8) is 0 Å². The fraction of sp³-hybridized carbons (Fsp3) is 0.750. The smallest absolute Gasteiger partial charge is 0.328 e. The summed E-state index contributed by atoms with van der Waals surface area (Å²) in [4.78, 5) is 23.4. The van der Waals surface area contributed by atoms with Gasteiger partial charge in [0.05, 0.1) is 6.20 Å². The molecule has 0 spiro atoms. The maximum atomic E-state index is 11.7. The first kappa shape index (κ1) is 19.1. The minimum atomic E-state index is -0.537. The molecule has 0 fully saturated rings. The number of hydrogen-bond acceptors (Lipinski definition) is 6. The number of aromatic nitrogens is 3. The summed E-state index contributed by atoms with van der Waals surface area (Å²) in [6, 6.07) is 0. The number of esters is 2. The zero-order valence-corrected chi connectivity index (χ0v) is 14.7. The molecular formula is C16H27N3O4. The summed E-state index contributed by atoms with van der Waals surface area (Å²) in [5.41, 5.74) is -0.0318. The van der Waals surface area contributed by atoms with Gasteiger partial charge in [0.25, 0.3) is 0 Å². The van der Waals surface area contributed by atoms with Gasteiger partial charge in [-0.2, -0.15) is 0 Å². The van der Waals surface area contributed by atoms with E-state index in [1.54, 1.807) is 27.0 Å². The molecule has 0 radical (unpaired) electrons. The summed E-state index contributed by atoms with van der Waals surface area (Å²) in [5, 5.41) is 7.71. The molecule has 0 aromatic carbocycles. The van der Waals surface area contributed by atoms with Crippen molar-refractivity contribution in [1.29, 1.82) is 0 Å². The van der Waals surface area contributed by atoms with Crippen LogP contribution in [0, 0.1) is 5.92 Å². The molecule has 1 heterocycles. The molecule has 0 aliphatic carbocycles. The van der Waals surface area contributed by atoms with Crippen LogP contribution >= 0.6 is 0 Å². The molecule has 130 valence electrons. The van der Waals surface area contributed by atoms with Gasteiger partial charge in [-0.05, 0) is 26.7 Å². The molecule has 7 nitrogen and oxygen atoms in total. The normalized spacial score (nSPS) is 12.7. The number of ether oxygens (including phenoxy) is 2. The molecule has 0 saturated carbocycles. The van der Waals surface area contributed by atoms with Gasteiger partial charge in [0.15, 0.2) is 0 Å². The second-order valence-corrected chi connectivity index (χ2v) is 6.75. The van der Waals surface area contributed by atoms with Gasteiger partial charge < -0.3 is 9.47 Å². The number of rotatable bonds is 8. The Morgan fingerprint density at radius 3 is 2.61 bits per heavy atom. The highest BCUT2D eigenvalue weighted by molar-refractivity contribution is 5.70. The second kappa shape index (κ2) is 8.64. The van der Waals surface area contributed by atoms with Crippen LogP contribution < -0.4 is 0 Å². The van der Waals surface area contributed by atoms with Crippen molar-refractivity contribution in [2.24, 2.45) is 5.92 Å². The predicted octanol–water partition coefficient (Wildman–Crippen LogP) is 2.49. The van der Waals surface area contributed by atoms with Crippen molar-refractivity contribution in [2.45, 2.75) is 72.6 Å². The maximum absolute atomic E-state index is 11.7. The van der Waals surface area contributed by atoms with E-state index in [4.69, 9.17) is 9.47 Å². The van der Waals surface area contributed by atoms with E-state index in [2.05, 4.69) is 17.2 Å². The minimum absolute atomic E-state index is 0.0221. The topological polar surface area (TPSA) is 83.3 Å². The van der Waals surface area contributed by atoms with E-state index in [-0.39, 0.29) is 25.1 Å². The third kappa shape index (κ3) is 8.32. The van der Waals surface area contributed by atoms with E-state index in [9.17, 15) is 9.59 Å². The Kier molecular flexibility index (Phi) is 7.19. The molecule has 0 N–H and O–H groups in total. The molecule has 0 saturated heterocycles. The Morgan fingerprint density at radius 2 is 2.00 bits per heavy atom. The molecule has 0 aliphatic rings. The van der Waals surface area contributed by atoms with Gasteiger partial charge in [0.2, 0.25) is 0 Å². The van der Waals surface area contributed by atoms with E-state index in [1.165, 1.54) is 4.68 Å². The van der Waals surface area contributed by atoms with Crippen molar-refractivity contribution in [1.82, 2.24) is 15.0 Å². The highest BCUT2D eigenvalue weighted by Gasteiger charge is 2.17. The molecule has 0 aliphatic heterocycles. The number of hydrogen-bond donors (Lipinski definition) is 0. The van der Waals surface area contributed by atoms with Crippen molar-refractivity contribution in [3.05, 3.63) is 11.9 Å². The lowest BCUT2D eigenvalue weighted by atomic mass is 10.0. The monoisotopic (exact) mass is 325 g/mol. The predicted molar refractivity (Wildman–Crippen MR) is 84.4 cm³/mol. The van der Waals surface area contributed by atoms with Gasteiger partial charge in [-0.1, -0.05) is 31.9 Å². The zero-order valence-electron chi connectivity index (χ0n) is 14.7. The standard InChI is InChI=1S/C16H27N3O4/c1-6-7-12(2)8-14(20)22-11-13-9-19(18-17-13)10-15(21)23-16(3,4)5/h9,12H,6-8,10-11H2,1-5H3/t12-/m1/s1. The molecule has 1 aromatic rings. The third-order valence-electron chi connectivity index (χ3n) is 2.97. The SMILES string of the molecule is CCC[C@@H](C)CC(=O)OCc1cn(CC(=O)OC(C)(C)C)nn1. The molecule has 23 heavy (non-hydrogen) atoms. The van der Waals surface area contributed by atoms with Gasteiger partial charge >= 0.3 is 11.9 Å². The molecule has 0 unspecified atom stereocenters. The molecule has 0 amide bonds. The van der Waals surface area contributed by atoms with Crippen LogP contribution in [0.4, 0.5) is 0 Å². The summed E-state index contributed by atoms with van der Waals surface area (Å²) < 4.78 is 11.7. The van der Waals surface area contributed by atoms with E-state index < -0.39 is 5.60 Å². The Balaban J connectivity index is 2.39. The first-order valence-corrected chi connectivity index (χ1v) is 7.96. The van der Waals surface area contributed by atoms with E-state index in [1.807, 2.05) is 6.92 Å². The lowest BCUT2D eigenvalue weighted by Gasteiger charge is -2.19. The van der Waals surface area contributed by atoms with Crippen LogP contribution in [0.15, 0.2) is 6.20 Å². The van der Waals surface area contributed by atoms with Crippen molar-refractivity contribution in [3.8, 4) is 0 Å². The average Bonchev–Trinajstić information content (AvgIpc) is 2.81. The van der Waals surface area contributed by atoms with Gasteiger partial charge in [-0.15, -0.1) is 5.10 Å². The van der Waals surface area contributed by atoms with Crippen LogP contribution in [0.1, 0.15) is 59.6 Å². The highest BCUT2D eigenvalue weighted by atomic mass is 16.6. The Hall–Kier alpha value is -1.92. The molecule has 1 atom stereocenters. The Bertz CT molecular complexity index is 520. The van der Waals surface area contributed by atoms with Crippen molar-refractivity contribution >= 4 is 11.9 Å². The van der Waals surface area contributed by atoms with Crippen LogP contribution in [-0.2, 0) is 32.2 Å². The van der Waals surface area contributed by atoms with E-state index in [0.717, 1.165) is 12.8 Å². The molecule has 1 rings (SSSR count). The van der Waals surface area contributed by atoms with Crippen molar-refractivity contribution < 1.29 is 19.1 Å². The summed E-state index contributed by atoms with van der Waals surface area (Å²) in [6.45, 7) is 9.56. The van der Waals surface area contributed by atoms with Crippen LogP contribution in [-0.4, -0.2) is 32.5 Å². The molecule has 1 aromatic heterocycles. The maximum Gasteiger partial charge on any atom is 0.328 e. The lowest BCUT2D eigenvalue weighted by molar-refractivity contribution is -0.155. The van der Waals surface area contributed by atoms with Crippen molar-refractivity contribution in [2.75, 3.05) is 0 Å². The van der Waals surface area contributed by atoms with Gasteiger partial charge in [-0.3, -0.25) is 9.59 Å². The number of nitrogens with zero attached hydrogens (tertiary/aromatic N) is 3. The van der Waals surface area contributed by atoms with Gasteiger partial charge in [0.1, 0.15) is 24.4 Å². The molecule has 7 heteroatoms. The quantitative estimate of drug-likeness (QED) is 0.683. The average molecular weight is 325 g/mol. The van der Waals surface area contributed by atoms with Crippen LogP contribution in [0.25, 0.3) is 0 Å². The number of carbonyl (C=O) groups excluding carboxylic acids is 2. The summed E-state index contributed by atoms with van der Waals surface area (Å²) in [7, 11) is 0. The third-order valence-corrected chi connectivity index (χ3v) is 2.97. The van der Waals surface area contributed by atoms with Crippen LogP contribution in [0.2, 0.25) is 0 Å². The fourth-order valence-corrected chi connectivity index (χ4v) is 2.08. The summed E-state index contributed by atoms with van der Waals surface area (Å²) >= 11 is 0. The first-order valence-electron chi connectivity index (χ1n) is 7.96. The van der Waals surface area contributed by atoms with Gasteiger partial charge in [0, 0.05) is 6.42 Å². The van der Waals surface area contributed by atoms with Gasteiger partial charge in [-0.25, -0.2) is 4.68 Å². The lowest BCUT2D eigenvalue weighted by Crippen LogP contribution is -2.26. The Morgan fingerprint density at radius 1 is 1.30 bits per heavy atom. The zero-order chi connectivity index (χ0) is 17.5. The highest BCUT2D eigenvalue weighted by Crippen LogP contribution is 2.11. The summed E-state index contributed by atoms with van der Waals surface area (Å²) in [5.74, 6) is -0.317. The summed E-state index contributed by atoms with van der Waals surface area (Å²) in [6.07, 6.45) is 4.03. The largest absolute Gasteiger partial charge is 0.459 e. The second-order valence-electron chi connectivity index (χ2n) is 6.75. The van der Waals surface area contributed by atoms with Crippen LogP contribution in [0.5, 0.6) is 0 Å². The molecule has 0 bridgehead atoms. The van der Waals surface area contributed by atoms with E-state index in [0.29, 0.717) is 18.0 Å². The molecular weight excluding hydrogens is 298 g/mol. The Labute approximate surface area is 137 Å². The first-order chi connectivity index (χ1) is 10.7. The van der Waals surface area contributed by atoms with Crippen LogP contribution in [0.3, 0.4) is 0 Å². The number of carbonyl (C=O) groups is 2. The van der Waals surface area contributed by atoms with E-state index >= 15 is 0 Å².